The van der Waals surface area contributed by atoms with E-state index in [0.717, 1.165) is 10.1 Å². The van der Waals surface area contributed by atoms with E-state index < -0.39 is 23.8 Å². The molecule has 0 aliphatic heterocycles. The maximum absolute atomic E-state index is 12.3. The maximum atomic E-state index is 12.3. The molecule has 0 spiro atoms. The summed E-state index contributed by atoms with van der Waals surface area (Å²) in [5, 5.41) is 15.7. The lowest BCUT2D eigenvalue weighted by Gasteiger charge is -2.21. The highest BCUT2D eigenvalue weighted by Crippen LogP contribution is 2.19. The molecule has 158 valence electrons. The smallest absolute Gasteiger partial charge is 0.416 e. The zero-order valence-electron chi connectivity index (χ0n) is 16.9. The lowest BCUT2D eigenvalue weighted by atomic mass is 10.1. The number of nitrogens with zero attached hydrogens (tertiary/aromatic N) is 4. The largest absolute Gasteiger partial charge is 0.464 e. The summed E-state index contributed by atoms with van der Waals surface area (Å²) in [5.74, 6) is 0.639. The standard InChI is InChI=1S/C20H23N5O5/c1-20(2,3)29-18(26)22-15(10-14-11-25(12-21-14)19(27)28)17-23-16(24-30-17)9-13-7-5-4-6-8-13/h4-8,11-12,15H,9-10H2,1-3H3,(H,22,26)(H,27,28)/t15-/m0/s1. The monoisotopic (exact) mass is 413 g/mol. The van der Waals surface area contributed by atoms with Crippen molar-refractivity contribution in [2.45, 2.75) is 45.3 Å². The van der Waals surface area contributed by atoms with Gasteiger partial charge in [0, 0.05) is 19.0 Å². The molecule has 0 radical (unpaired) electrons. The van der Waals surface area contributed by atoms with Gasteiger partial charge >= 0.3 is 12.2 Å². The Morgan fingerprint density at radius 2 is 2.00 bits per heavy atom. The summed E-state index contributed by atoms with van der Waals surface area (Å²) in [5.41, 5.74) is 0.760. The molecular formula is C20H23N5O5. The number of alkyl carbamates (subject to hydrolysis) is 1. The lowest BCUT2D eigenvalue weighted by Crippen LogP contribution is -2.36. The van der Waals surface area contributed by atoms with Gasteiger partial charge in [-0.25, -0.2) is 19.1 Å². The predicted octanol–water partition coefficient (Wildman–Crippen LogP) is 3.19. The van der Waals surface area contributed by atoms with E-state index >= 15 is 0 Å². The van der Waals surface area contributed by atoms with Crippen LogP contribution in [0.3, 0.4) is 0 Å². The quantitative estimate of drug-likeness (QED) is 0.629. The average molecular weight is 413 g/mol. The highest BCUT2D eigenvalue weighted by atomic mass is 16.6. The van der Waals surface area contributed by atoms with Crippen LogP contribution in [0, 0.1) is 0 Å². The van der Waals surface area contributed by atoms with Crippen molar-refractivity contribution in [3.05, 3.63) is 65.8 Å². The van der Waals surface area contributed by atoms with E-state index in [2.05, 4.69) is 20.4 Å². The van der Waals surface area contributed by atoms with Gasteiger partial charge in [-0.3, -0.25) is 0 Å². The van der Waals surface area contributed by atoms with Crippen LogP contribution in [0.25, 0.3) is 0 Å². The minimum absolute atomic E-state index is 0.145. The normalized spacial score (nSPS) is 12.4. The van der Waals surface area contributed by atoms with E-state index in [1.165, 1.54) is 12.5 Å². The van der Waals surface area contributed by atoms with Gasteiger partial charge in [0.25, 0.3) is 0 Å². The first-order valence-corrected chi connectivity index (χ1v) is 9.32. The molecule has 0 fully saturated rings. The van der Waals surface area contributed by atoms with E-state index in [9.17, 15) is 9.59 Å². The van der Waals surface area contributed by atoms with Crippen LogP contribution in [0.15, 0.2) is 47.4 Å². The molecule has 0 unspecified atom stereocenters. The van der Waals surface area contributed by atoms with Gasteiger partial charge in [-0.15, -0.1) is 0 Å². The molecule has 2 aromatic heterocycles. The first-order chi connectivity index (χ1) is 14.2. The highest BCUT2D eigenvalue weighted by Gasteiger charge is 2.26. The Morgan fingerprint density at radius 3 is 2.63 bits per heavy atom. The minimum Gasteiger partial charge on any atom is -0.464 e. The molecule has 2 N–H and O–H groups in total. The second-order valence-electron chi connectivity index (χ2n) is 7.67. The van der Waals surface area contributed by atoms with Crippen LogP contribution in [0.4, 0.5) is 9.59 Å². The number of rotatable bonds is 6. The Labute approximate surface area is 172 Å². The van der Waals surface area contributed by atoms with E-state index in [-0.39, 0.29) is 12.3 Å². The zero-order valence-corrected chi connectivity index (χ0v) is 16.9. The van der Waals surface area contributed by atoms with E-state index in [1.807, 2.05) is 30.3 Å². The molecule has 1 atom stereocenters. The molecule has 10 nitrogen and oxygen atoms in total. The van der Waals surface area contributed by atoms with Crippen LogP contribution >= 0.6 is 0 Å². The van der Waals surface area contributed by atoms with Crippen LogP contribution in [0.5, 0.6) is 0 Å². The van der Waals surface area contributed by atoms with Crippen LogP contribution in [-0.2, 0) is 17.6 Å². The number of benzene rings is 1. The van der Waals surface area contributed by atoms with Gasteiger partial charge in [0.05, 0.1) is 5.69 Å². The number of carbonyl (C=O) groups excluding carboxylic acids is 1. The van der Waals surface area contributed by atoms with Crippen molar-refractivity contribution in [3.63, 3.8) is 0 Å². The molecule has 30 heavy (non-hydrogen) atoms. The molecule has 10 heteroatoms. The first-order valence-electron chi connectivity index (χ1n) is 9.32. The molecule has 3 rings (SSSR count). The van der Waals surface area contributed by atoms with E-state index in [1.54, 1.807) is 20.8 Å². The van der Waals surface area contributed by atoms with Crippen LogP contribution in [-0.4, -0.2) is 42.6 Å². The lowest BCUT2D eigenvalue weighted by molar-refractivity contribution is 0.0493. The summed E-state index contributed by atoms with van der Waals surface area (Å²) in [6.45, 7) is 5.25. The van der Waals surface area contributed by atoms with Crippen LogP contribution < -0.4 is 5.32 Å². The molecule has 0 bridgehead atoms. The number of hydrogen-bond acceptors (Lipinski definition) is 7. The summed E-state index contributed by atoms with van der Waals surface area (Å²) in [7, 11) is 0. The van der Waals surface area contributed by atoms with Gasteiger partial charge in [-0.2, -0.15) is 4.98 Å². The molecule has 1 aromatic carbocycles. The summed E-state index contributed by atoms with van der Waals surface area (Å²) in [6.07, 6.45) is 1.33. The molecule has 0 aliphatic rings. The van der Waals surface area contributed by atoms with Gasteiger partial charge in [-0.05, 0) is 26.3 Å². The average Bonchev–Trinajstić information content (AvgIpc) is 3.30. The maximum Gasteiger partial charge on any atom is 0.416 e. The zero-order chi connectivity index (χ0) is 21.7. The van der Waals surface area contributed by atoms with Crippen LogP contribution in [0.2, 0.25) is 0 Å². The molecule has 3 aromatic rings. The fourth-order valence-electron chi connectivity index (χ4n) is 2.69. The Morgan fingerprint density at radius 1 is 1.27 bits per heavy atom. The SMILES string of the molecule is CC(C)(C)OC(=O)N[C@@H](Cc1cn(C(=O)O)cn1)c1nc(Cc2ccccc2)no1. The molecule has 0 saturated heterocycles. The van der Waals surface area contributed by atoms with Gasteiger partial charge in [0.15, 0.2) is 5.82 Å². The molecule has 2 heterocycles. The van der Waals surface area contributed by atoms with Crippen molar-refractivity contribution in [2.75, 3.05) is 0 Å². The van der Waals surface area contributed by atoms with Crippen molar-refractivity contribution in [2.24, 2.45) is 0 Å². The van der Waals surface area contributed by atoms with Gasteiger partial charge in [0.2, 0.25) is 5.89 Å². The molecule has 0 saturated carbocycles. The van der Waals surface area contributed by atoms with E-state index in [4.69, 9.17) is 14.4 Å². The number of ether oxygens (including phenoxy) is 1. The molecule has 0 aliphatic carbocycles. The fourth-order valence-corrected chi connectivity index (χ4v) is 2.69. The number of hydrogen-bond donors (Lipinski definition) is 2. The summed E-state index contributed by atoms with van der Waals surface area (Å²) >= 11 is 0. The van der Waals surface area contributed by atoms with Gasteiger partial charge < -0.3 is 19.7 Å². The minimum atomic E-state index is -1.16. The van der Waals surface area contributed by atoms with E-state index in [0.29, 0.717) is 17.9 Å². The summed E-state index contributed by atoms with van der Waals surface area (Å²) in [4.78, 5) is 31.8. The second-order valence-corrected chi connectivity index (χ2v) is 7.67. The van der Waals surface area contributed by atoms with Gasteiger partial charge in [0.1, 0.15) is 18.0 Å². The summed E-state index contributed by atoms with van der Waals surface area (Å²) in [6, 6.07) is 8.91. The number of amides is 1. The van der Waals surface area contributed by atoms with Crippen molar-refractivity contribution in [3.8, 4) is 0 Å². The highest BCUT2D eigenvalue weighted by molar-refractivity contribution is 5.68. The Hall–Kier alpha value is -3.69. The third-order valence-corrected chi connectivity index (χ3v) is 3.95. The Balaban J connectivity index is 1.79. The van der Waals surface area contributed by atoms with Crippen molar-refractivity contribution in [1.29, 1.82) is 0 Å². The summed E-state index contributed by atoms with van der Waals surface area (Å²) < 4.78 is 11.6. The molecular weight excluding hydrogens is 390 g/mol. The number of carbonyl (C=O) groups is 2. The van der Waals surface area contributed by atoms with Crippen molar-refractivity contribution >= 4 is 12.2 Å². The second kappa shape index (κ2) is 8.76. The Bertz CT molecular complexity index is 1010. The van der Waals surface area contributed by atoms with Crippen LogP contribution in [0.1, 0.15) is 49.8 Å². The third-order valence-electron chi connectivity index (χ3n) is 3.95. The first kappa shape index (κ1) is 21.0. The predicted molar refractivity (Wildman–Crippen MR) is 105 cm³/mol. The Kier molecular flexibility index (Phi) is 6.14. The van der Waals surface area contributed by atoms with Crippen molar-refractivity contribution in [1.82, 2.24) is 25.0 Å². The number of imidazole rings is 1. The fraction of sp³-hybridized carbons (Fsp3) is 0.350. The number of aromatic nitrogens is 4. The third kappa shape index (κ3) is 5.90. The topological polar surface area (TPSA) is 132 Å². The number of nitrogens with one attached hydrogen (secondary N) is 1. The van der Waals surface area contributed by atoms with Crippen molar-refractivity contribution < 1.29 is 24.0 Å². The molecule has 1 amide bonds. The van der Waals surface area contributed by atoms with Gasteiger partial charge in [-0.1, -0.05) is 35.5 Å². The number of carboxylic acid groups (broad SMARTS) is 1.